The summed E-state index contributed by atoms with van der Waals surface area (Å²) in [6.07, 6.45) is 0. The Kier molecular flexibility index (Phi) is 5.23. The van der Waals surface area contributed by atoms with E-state index >= 15 is 0 Å². The SMILES string of the molecule is CC(C)(C)C(=O)N1CCN(C(=O)COc2cccc(F)c2)CC1. The third-order valence-corrected chi connectivity index (χ3v) is 3.72. The first kappa shape index (κ1) is 17.2. The maximum Gasteiger partial charge on any atom is 0.260 e. The van der Waals surface area contributed by atoms with Crippen molar-refractivity contribution in [1.82, 2.24) is 9.80 Å². The molecule has 1 saturated heterocycles. The van der Waals surface area contributed by atoms with Gasteiger partial charge in [0.25, 0.3) is 5.91 Å². The zero-order valence-electron chi connectivity index (χ0n) is 13.8. The number of nitrogens with zero attached hydrogens (tertiary/aromatic N) is 2. The van der Waals surface area contributed by atoms with Gasteiger partial charge in [0.2, 0.25) is 5.91 Å². The van der Waals surface area contributed by atoms with Crippen molar-refractivity contribution in [3.8, 4) is 5.75 Å². The molecule has 0 N–H and O–H groups in total. The Morgan fingerprint density at radius 2 is 1.74 bits per heavy atom. The highest BCUT2D eigenvalue weighted by atomic mass is 19.1. The average Bonchev–Trinajstić information content (AvgIpc) is 2.51. The van der Waals surface area contributed by atoms with Crippen LogP contribution in [0.15, 0.2) is 24.3 Å². The predicted molar refractivity (Wildman–Crippen MR) is 84.5 cm³/mol. The zero-order chi connectivity index (χ0) is 17.0. The summed E-state index contributed by atoms with van der Waals surface area (Å²) in [4.78, 5) is 27.8. The molecule has 0 aliphatic carbocycles. The summed E-state index contributed by atoms with van der Waals surface area (Å²) in [5.74, 6) is -0.123. The van der Waals surface area contributed by atoms with E-state index in [0.29, 0.717) is 31.9 Å². The molecule has 6 heteroatoms. The van der Waals surface area contributed by atoms with Crippen LogP contribution in [0.4, 0.5) is 4.39 Å². The fraction of sp³-hybridized carbons (Fsp3) is 0.529. The zero-order valence-corrected chi connectivity index (χ0v) is 13.8. The van der Waals surface area contributed by atoms with Crippen LogP contribution in [-0.4, -0.2) is 54.4 Å². The highest BCUT2D eigenvalue weighted by molar-refractivity contribution is 5.82. The average molecular weight is 322 g/mol. The van der Waals surface area contributed by atoms with Crippen LogP contribution in [0.25, 0.3) is 0 Å². The van der Waals surface area contributed by atoms with E-state index in [4.69, 9.17) is 4.74 Å². The molecule has 0 radical (unpaired) electrons. The first-order valence-electron chi connectivity index (χ1n) is 7.73. The molecular weight excluding hydrogens is 299 g/mol. The highest BCUT2D eigenvalue weighted by Gasteiger charge is 2.30. The lowest BCUT2D eigenvalue weighted by atomic mass is 9.94. The van der Waals surface area contributed by atoms with Gasteiger partial charge in [-0.15, -0.1) is 0 Å². The van der Waals surface area contributed by atoms with E-state index in [1.165, 1.54) is 18.2 Å². The van der Waals surface area contributed by atoms with E-state index in [1.54, 1.807) is 15.9 Å². The molecule has 126 valence electrons. The Bertz CT molecular complexity index is 575. The number of carbonyl (C=O) groups is 2. The maximum atomic E-state index is 13.0. The molecular formula is C17H23FN2O3. The van der Waals surface area contributed by atoms with Crippen LogP contribution in [0.1, 0.15) is 20.8 Å². The molecule has 0 unspecified atom stereocenters. The van der Waals surface area contributed by atoms with Crippen LogP contribution in [-0.2, 0) is 9.59 Å². The molecule has 0 spiro atoms. The Morgan fingerprint density at radius 3 is 2.30 bits per heavy atom. The Labute approximate surface area is 136 Å². The van der Waals surface area contributed by atoms with Gasteiger partial charge < -0.3 is 14.5 Å². The largest absolute Gasteiger partial charge is 0.484 e. The molecule has 2 amide bonds. The molecule has 1 aromatic rings. The normalized spacial score (nSPS) is 15.5. The second-order valence-corrected chi connectivity index (χ2v) is 6.67. The third-order valence-electron chi connectivity index (χ3n) is 3.72. The Morgan fingerprint density at radius 1 is 1.13 bits per heavy atom. The van der Waals surface area contributed by atoms with Gasteiger partial charge in [0.15, 0.2) is 6.61 Å². The van der Waals surface area contributed by atoms with Crippen molar-refractivity contribution >= 4 is 11.8 Å². The van der Waals surface area contributed by atoms with Crippen LogP contribution in [0.5, 0.6) is 5.75 Å². The van der Waals surface area contributed by atoms with Gasteiger partial charge in [-0.3, -0.25) is 9.59 Å². The summed E-state index contributed by atoms with van der Waals surface area (Å²) in [5.41, 5.74) is -0.410. The summed E-state index contributed by atoms with van der Waals surface area (Å²) in [7, 11) is 0. The van der Waals surface area contributed by atoms with Crippen molar-refractivity contribution in [2.24, 2.45) is 5.41 Å². The van der Waals surface area contributed by atoms with Crippen molar-refractivity contribution in [3.05, 3.63) is 30.1 Å². The van der Waals surface area contributed by atoms with Crippen molar-refractivity contribution < 1.29 is 18.7 Å². The van der Waals surface area contributed by atoms with Crippen LogP contribution < -0.4 is 4.74 Å². The fourth-order valence-electron chi connectivity index (χ4n) is 2.43. The standard InChI is InChI=1S/C17H23FN2O3/c1-17(2,3)16(22)20-9-7-19(8-10-20)15(21)12-23-14-6-4-5-13(18)11-14/h4-6,11H,7-10,12H2,1-3H3. The third kappa shape index (κ3) is 4.68. The summed E-state index contributed by atoms with van der Waals surface area (Å²) < 4.78 is 18.4. The molecule has 0 aromatic heterocycles. The molecule has 0 saturated carbocycles. The smallest absolute Gasteiger partial charge is 0.260 e. The van der Waals surface area contributed by atoms with Gasteiger partial charge in [-0.1, -0.05) is 26.8 Å². The van der Waals surface area contributed by atoms with E-state index < -0.39 is 11.2 Å². The van der Waals surface area contributed by atoms with Crippen LogP contribution in [0.2, 0.25) is 0 Å². The molecule has 1 heterocycles. The van der Waals surface area contributed by atoms with Gasteiger partial charge in [0, 0.05) is 37.7 Å². The van der Waals surface area contributed by atoms with E-state index in [-0.39, 0.29) is 18.4 Å². The number of benzene rings is 1. The summed E-state index contributed by atoms with van der Waals surface area (Å²) >= 11 is 0. The number of rotatable bonds is 3. The van der Waals surface area contributed by atoms with Crippen molar-refractivity contribution in [2.75, 3.05) is 32.8 Å². The lowest BCUT2D eigenvalue weighted by Crippen LogP contribution is -2.53. The van der Waals surface area contributed by atoms with Gasteiger partial charge >= 0.3 is 0 Å². The molecule has 1 aromatic carbocycles. The Hall–Kier alpha value is -2.11. The summed E-state index contributed by atoms with van der Waals surface area (Å²) in [6, 6.07) is 5.70. The topological polar surface area (TPSA) is 49.9 Å². The highest BCUT2D eigenvalue weighted by Crippen LogP contribution is 2.19. The van der Waals surface area contributed by atoms with Gasteiger partial charge in [-0.2, -0.15) is 0 Å². The second-order valence-electron chi connectivity index (χ2n) is 6.67. The molecule has 0 bridgehead atoms. The lowest BCUT2D eigenvalue weighted by Gasteiger charge is -2.37. The lowest BCUT2D eigenvalue weighted by molar-refractivity contribution is -0.145. The molecule has 0 atom stereocenters. The minimum Gasteiger partial charge on any atom is -0.484 e. The second kappa shape index (κ2) is 6.98. The molecule has 2 rings (SSSR count). The minimum atomic E-state index is -0.410. The van der Waals surface area contributed by atoms with E-state index in [9.17, 15) is 14.0 Å². The number of carbonyl (C=O) groups excluding carboxylic acids is 2. The first-order chi connectivity index (χ1) is 10.8. The summed E-state index contributed by atoms with van der Waals surface area (Å²) in [6.45, 7) is 7.58. The van der Waals surface area contributed by atoms with Gasteiger partial charge in [-0.25, -0.2) is 4.39 Å². The number of hydrogen-bond acceptors (Lipinski definition) is 3. The van der Waals surface area contributed by atoms with Gasteiger partial charge in [0.1, 0.15) is 11.6 Å². The van der Waals surface area contributed by atoms with Crippen LogP contribution >= 0.6 is 0 Å². The van der Waals surface area contributed by atoms with Gasteiger partial charge in [-0.05, 0) is 12.1 Å². The first-order valence-corrected chi connectivity index (χ1v) is 7.73. The summed E-state index contributed by atoms with van der Waals surface area (Å²) in [5, 5.41) is 0. The van der Waals surface area contributed by atoms with Gasteiger partial charge in [0.05, 0.1) is 0 Å². The van der Waals surface area contributed by atoms with Crippen molar-refractivity contribution in [2.45, 2.75) is 20.8 Å². The van der Waals surface area contributed by atoms with Crippen LogP contribution in [0.3, 0.4) is 0 Å². The van der Waals surface area contributed by atoms with E-state index in [0.717, 1.165) is 0 Å². The van der Waals surface area contributed by atoms with Crippen LogP contribution in [0, 0.1) is 11.2 Å². The minimum absolute atomic E-state index is 0.0978. The number of amides is 2. The van der Waals surface area contributed by atoms with Crippen molar-refractivity contribution in [1.29, 1.82) is 0 Å². The number of halogens is 1. The van der Waals surface area contributed by atoms with E-state index in [2.05, 4.69) is 0 Å². The maximum absolute atomic E-state index is 13.0. The number of hydrogen-bond donors (Lipinski definition) is 0. The predicted octanol–water partition coefficient (Wildman–Crippen LogP) is 1.92. The molecule has 5 nitrogen and oxygen atoms in total. The molecule has 1 fully saturated rings. The number of piperazine rings is 1. The quantitative estimate of drug-likeness (QED) is 0.854. The molecule has 1 aliphatic heterocycles. The molecule has 23 heavy (non-hydrogen) atoms. The molecule has 1 aliphatic rings. The monoisotopic (exact) mass is 322 g/mol. The Balaban J connectivity index is 1.81. The number of ether oxygens (including phenoxy) is 1. The fourth-order valence-corrected chi connectivity index (χ4v) is 2.43. The van der Waals surface area contributed by atoms with E-state index in [1.807, 2.05) is 20.8 Å². The van der Waals surface area contributed by atoms with Crippen molar-refractivity contribution in [3.63, 3.8) is 0 Å².